The number of ether oxygens (including phenoxy) is 1. The maximum absolute atomic E-state index is 11.7. The molecule has 2 aromatic rings. The fourth-order valence-corrected chi connectivity index (χ4v) is 2.36. The van der Waals surface area contributed by atoms with Gasteiger partial charge in [-0.25, -0.2) is 0 Å². The van der Waals surface area contributed by atoms with Gasteiger partial charge in [0.2, 0.25) is 0 Å². The molecule has 0 spiro atoms. The van der Waals surface area contributed by atoms with E-state index in [1.54, 1.807) is 0 Å². The first-order valence-corrected chi connectivity index (χ1v) is 8.11. The largest absolute Gasteiger partial charge is 0.460 e. The Kier molecular flexibility index (Phi) is 5.72. The Bertz CT molecular complexity index is 662. The Morgan fingerprint density at radius 1 is 1.26 bits per heavy atom. The Morgan fingerprint density at radius 3 is 2.78 bits per heavy atom. The fraction of sp³-hybridized carbons (Fsp3) is 0.474. The number of carbonyl (C=O) groups excluding carboxylic acids is 1. The number of fused-ring (bicyclic) bond motifs is 1. The van der Waals surface area contributed by atoms with Gasteiger partial charge in [-0.05, 0) is 57.2 Å². The van der Waals surface area contributed by atoms with Crippen molar-refractivity contribution in [3.63, 3.8) is 0 Å². The number of esters is 1. The first-order chi connectivity index (χ1) is 10.8. The summed E-state index contributed by atoms with van der Waals surface area (Å²) in [7, 11) is 0. The molecule has 0 saturated carbocycles. The molecule has 0 radical (unpaired) electrons. The predicted octanol–water partition coefficient (Wildman–Crippen LogP) is 3.83. The Morgan fingerprint density at radius 2 is 2.04 bits per heavy atom. The first-order valence-electron chi connectivity index (χ1n) is 8.11. The molecule has 1 atom stereocenters. The van der Waals surface area contributed by atoms with Crippen molar-refractivity contribution in [2.75, 3.05) is 0 Å². The van der Waals surface area contributed by atoms with Crippen molar-refractivity contribution in [2.45, 2.75) is 58.7 Å². The van der Waals surface area contributed by atoms with Crippen molar-refractivity contribution in [1.82, 2.24) is 10.3 Å². The molecule has 0 saturated heterocycles. The molecule has 0 aliphatic carbocycles. The monoisotopic (exact) mass is 314 g/mol. The van der Waals surface area contributed by atoms with Gasteiger partial charge in [-0.1, -0.05) is 12.1 Å². The number of nitrogens with one attached hydrogen (secondary N) is 1. The van der Waals surface area contributed by atoms with E-state index in [1.807, 2.05) is 39.2 Å². The summed E-state index contributed by atoms with van der Waals surface area (Å²) in [5, 5.41) is 5.80. The summed E-state index contributed by atoms with van der Waals surface area (Å²) >= 11 is 0. The number of hydrogen-bond acceptors (Lipinski definition) is 4. The molecule has 4 heteroatoms. The van der Waals surface area contributed by atoms with Crippen LogP contribution < -0.4 is 5.32 Å². The highest BCUT2D eigenvalue weighted by atomic mass is 16.6. The number of hydrogen-bond donors (Lipinski definition) is 1. The molecule has 0 aliphatic rings. The summed E-state index contributed by atoms with van der Waals surface area (Å²) < 4.78 is 5.33. The van der Waals surface area contributed by atoms with E-state index in [0.29, 0.717) is 6.42 Å². The summed E-state index contributed by atoms with van der Waals surface area (Å²) in [5.41, 5.74) is 0.820. The second-order valence-electron chi connectivity index (χ2n) is 6.96. The Balaban J connectivity index is 1.79. The summed E-state index contributed by atoms with van der Waals surface area (Å²) in [4.78, 5) is 15.9. The Labute approximate surface area is 138 Å². The highest BCUT2D eigenvalue weighted by molar-refractivity contribution is 5.81. The minimum absolute atomic E-state index is 0.135. The molecular formula is C19H26N2O2. The summed E-state index contributed by atoms with van der Waals surface area (Å²) in [5.74, 6) is -0.135. The molecular weight excluding hydrogens is 288 g/mol. The van der Waals surface area contributed by atoms with E-state index >= 15 is 0 Å². The molecule has 0 unspecified atom stereocenters. The van der Waals surface area contributed by atoms with Crippen LogP contribution in [-0.2, 0) is 16.1 Å². The topological polar surface area (TPSA) is 51.2 Å². The van der Waals surface area contributed by atoms with Gasteiger partial charge in [-0.15, -0.1) is 0 Å². The van der Waals surface area contributed by atoms with Gasteiger partial charge in [0.1, 0.15) is 5.60 Å². The fourth-order valence-electron chi connectivity index (χ4n) is 2.36. The minimum Gasteiger partial charge on any atom is -0.460 e. The van der Waals surface area contributed by atoms with Gasteiger partial charge in [0, 0.05) is 36.8 Å². The lowest BCUT2D eigenvalue weighted by atomic mass is 10.1. The van der Waals surface area contributed by atoms with Crippen LogP contribution in [0, 0.1) is 0 Å². The zero-order valence-electron chi connectivity index (χ0n) is 14.4. The van der Waals surface area contributed by atoms with Crippen LogP contribution in [0.15, 0.2) is 36.7 Å². The molecule has 1 aromatic heterocycles. The maximum atomic E-state index is 11.7. The van der Waals surface area contributed by atoms with Gasteiger partial charge in [-0.3, -0.25) is 9.78 Å². The number of rotatable bonds is 6. The molecule has 0 amide bonds. The molecule has 1 aromatic carbocycles. The molecule has 1 N–H and O–H groups in total. The van der Waals surface area contributed by atoms with E-state index < -0.39 is 5.60 Å². The van der Waals surface area contributed by atoms with Gasteiger partial charge >= 0.3 is 5.97 Å². The van der Waals surface area contributed by atoms with Crippen LogP contribution in [0.25, 0.3) is 10.8 Å². The van der Waals surface area contributed by atoms with Gasteiger partial charge in [0.25, 0.3) is 0 Å². The van der Waals surface area contributed by atoms with E-state index in [0.717, 1.165) is 18.4 Å². The van der Waals surface area contributed by atoms with Crippen molar-refractivity contribution >= 4 is 16.7 Å². The summed E-state index contributed by atoms with van der Waals surface area (Å²) in [6, 6.07) is 8.65. The third-order valence-corrected chi connectivity index (χ3v) is 3.56. The average molecular weight is 314 g/mol. The van der Waals surface area contributed by atoms with Crippen LogP contribution in [0.5, 0.6) is 0 Å². The number of carbonyl (C=O) groups is 1. The van der Waals surface area contributed by atoms with Crippen molar-refractivity contribution in [3.05, 3.63) is 42.2 Å². The number of pyridine rings is 1. The second kappa shape index (κ2) is 7.55. The van der Waals surface area contributed by atoms with E-state index in [1.165, 1.54) is 10.9 Å². The van der Waals surface area contributed by atoms with Gasteiger partial charge in [-0.2, -0.15) is 0 Å². The average Bonchev–Trinajstić information content (AvgIpc) is 2.49. The minimum atomic E-state index is -0.409. The smallest absolute Gasteiger partial charge is 0.306 e. The zero-order valence-corrected chi connectivity index (χ0v) is 14.4. The molecule has 124 valence electrons. The third kappa shape index (κ3) is 5.99. The molecule has 0 aliphatic heterocycles. The van der Waals surface area contributed by atoms with Crippen molar-refractivity contribution in [3.8, 4) is 0 Å². The molecule has 0 fully saturated rings. The zero-order chi connectivity index (χ0) is 16.9. The lowest BCUT2D eigenvalue weighted by Gasteiger charge is -2.20. The highest BCUT2D eigenvalue weighted by Crippen LogP contribution is 2.15. The van der Waals surface area contributed by atoms with E-state index in [-0.39, 0.29) is 12.0 Å². The maximum Gasteiger partial charge on any atom is 0.306 e. The third-order valence-electron chi connectivity index (χ3n) is 3.56. The van der Waals surface area contributed by atoms with Gasteiger partial charge in [0.05, 0.1) is 0 Å². The van der Waals surface area contributed by atoms with Crippen LogP contribution in [0.4, 0.5) is 0 Å². The lowest BCUT2D eigenvalue weighted by molar-refractivity contribution is -0.155. The molecule has 4 nitrogen and oxygen atoms in total. The van der Waals surface area contributed by atoms with E-state index in [4.69, 9.17) is 4.74 Å². The standard InChI is InChI=1S/C19H26N2O2/c1-14(5-8-18(22)23-19(2,3)4)21-12-15-6-7-17-13-20-10-9-16(17)11-15/h6-7,9-11,13-14,21H,5,8,12H2,1-4H3/t14-/m1/s1. The summed E-state index contributed by atoms with van der Waals surface area (Å²) in [6.45, 7) is 8.55. The van der Waals surface area contributed by atoms with Crippen molar-refractivity contribution in [1.29, 1.82) is 0 Å². The Hall–Kier alpha value is -1.94. The van der Waals surface area contributed by atoms with Crippen LogP contribution in [0.1, 0.15) is 46.1 Å². The molecule has 1 heterocycles. The van der Waals surface area contributed by atoms with Gasteiger partial charge in [0.15, 0.2) is 0 Å². The van der Waals surface area contributed by atoms with Crippen LogP contribution in [0.3, 0.4) is 0 Å². The van der Waals surface area contributed by atoms with E-state index in [2.05, 4.69) is 35.4 Å². The second-order valence-corrected chi connectivity index (χ2v) is 6.96. The lowest BCUT2D eigenvalue weighted by Crippen LogP contribution is -2.28. The van der Waals surface area contributed by atoms with Gasteiger partial charge < -0.3 is 10.1 Å². The normalized spacial score (nSPS) is 13.0. The highest BCUT2D eigenvalue weighted by Gasteiger charge is 2.16. The number of aromatic nitrogens is 1. The van der Waals surface area contributed by atoms with Crippen LogP contribution in [0.2, 0.25) is 0 Å². The number of benzene rings is 1. The molecule has 2 rings (SSSR count). The molecule has 23 heavy (non-hydrogen) atoms. The van der Waals surface area contributed by atoms with Crippen molar-refractivity contribution in [2.24, 2.45) is 0 Å². The van der Waals surface area contributed by atoms with E-state index in [9.17, 15) is 4.79 Å². The van der Waals surface area contributed by atoms with Crippen molar-refractivity contribution < 1.29 is 9.53 Å². The predicted molar refractivity (Wildman–Crippen MR) is 93.1 cm³/mol. The SMILES string of the molecule is C[C@H](CCC(=O)OC(C)(C)C)NCc1ccc2cnccc2c1. The quantitative estimate of drug-likeness (QED) is 0.823. The number of nitrogens with zero attached hydrogens (tertiary/aromatic N) is 1. The first kappa shape index (κ1) is 17.4. The summed E-state index contributed by atoms with van der Waals surface area (Å²) in [6.07, 6.45) is 4.89. The molecule has 0 bridgehead atoms. The van der Waals surface area contributed by atoms with Crippen LogP contribution in [-0.4, -0.2) is 22.6 Å². The van der Waals surface area contributed by atoms with Crippen LogP contribution >= 0.6 is 0 Å².